The second kappa shape index (κ2) is 6.25. The minimum atomic E-state index is -0.445. The quantitative estimate of drug-likeness (QED) is 0.571. The monoisotopic (exact) mass is 339 g/mol. The van der Waals surface area contributed by atoms with Crippen molar-refractivity contribution in [3.8, 4) is 0 Å². The number of hydrogen-bond donors (Lipinski definition) is 0. The summed E-state index contributed by atoms with van der Waals surface area (Å²) in [5.74, 6) is -0.144. The fourth-order valence-corrected chi connectivity index (χ4v) is 2.49. The van der Waals surface area contributed by atoms with Crippen LogP contribution in [0.5, 0.6) is 0 Å². The van der Waals surface area contributed by atoms with E-state index in [0.717, 1.165) is 11.1 Å². The number of cyclic esters (lactones) is 1. The minimum Gasteiger partial charge on any atom is -0.402 e. The lowest BCUT2D eigenvalue weighted by atomic mass is 9.87. The molecule has 2 aromatic carbocycles. The lowest BCUT2D eigenvalue weighted by Gasteiger charge is -2.18. The Hall–Kier alpha value is -2.39. The first-order valence-corrected chi connectivity index (χ1v) is 8.10. The fraction of sp³-hybridized carbons (Fsp3) is 0.200. The first kappa shape index (κ1) is 16.5. The molecule has 0 bridgehead atoms. The van der Waals surface area contributed by atoms with Crippen molar-refractivity contribution in [3.63, 3.8) is 0 Å². The third kappa shape index (κ3) is 3.57. The molecule has 3 nitrogen and oxygen atoms in total. The van der Waals surface area contributed by atoms with E-state index in [1.165, 1.54) is 5.56 Å². The molecule has 0 fully saturated rings. The van der Waals surface area contributed by atoms with E-state index in [9.17, 15) is 4.79 Å². The zero-order valence-corrected chi connectivity index (χ0v) is 14.6. The number of benzene rings is 2. The summed E-state index contributed by atoms with van der Waals surface area (Å²) < 4.78 is 5.25. The predicted molar refractivity (Wildman–Crippen MR) is 97.2 cm³/mol. The molecule has 0 aliphatic carbocycles. The number of rotatable bonds is 2. The van der Waals surface area contributed by atoms with Gasteiger partial charge < -0.3 is 4.74 Å². The summed E-state index contributed by atoms with van der Waals surface area (Å²) in [6.07, 6.45) is 1.73. The van der Waals surface area contributed by atoms with E-state index in [0.29, 0.717) is 16.6 Å². The molecule has 0 saturated carbocycles. The first-order valence-electron chi connectivity index (χ1n) is 7.72. The smallest absolute Gasteiger partial charge is 0.363 e. The van der Waals surface area contributed by atoms with Gasteiger partial charge in [0.05, 0.1) is 0 Å². The molecule has 122 valence electrons. The zero-order valence-electron chi connectivity index (χ0n) is 13.8. The van der Waals surface area contributed by atoms with Gasteiger partial charge >= 0.3 is 5.97 Å². The molecule has 1 aliphatic heterocycles. The molecular formula is C20H18ClNO2. The number of ether oxygens (including phenoxy) is 1. The fourth-order valence-electron chi connectivity index (χ4n) is 2.36. The first-order chi connectivity index (χ1) is 11.3. The highest BCUT2D eigenvalue weighted by molar-refractivity contribution is 6.30. The van der Waals surface area contributed by atoms with Crippen LogP contribution >= 0.6 is 11.6 Å². The van der Waals surface area contributed by atoms with E-state index in [2.05, 4.69) is 37.9 Å². The highest BCUT2D eigenvalue weighted by atomic mass is 35.5. The summed E-state index contributed by atoms with van der Waals surface area (Å²) in [5, 5.41) is 0.623. The lowest BCUT2D eigenvalue weighted by molar-refractivity contribution is -0.129. The van der Waals surface area contributed by atoms with E-state index in [-0.39, 0.29) is 5.41 Å². The van der Waals surface area contributed by atoms with Crippen LogP contribution in [0.25, 0.3) is 6.08 Å². The molecule has 4 heteroatoms. The predicted octanol–water partition coefficient (Wildman–Crippen LogP) is 4.98. The summed E-state index contributed by atoms with van der Waals surface area (Å²) in [7, 11) is 0. The average Bonchev–Trinajstić information content (AvgIpc) is 2.89. The van der Waals surface area contributed by atoms with Gasteiger partial charge in [0.15, 0.2) is 5.70 Å². The van der Waals surface area contributed by atoms with Crippen LogP contribution in [-0.2, 0) is 14.9 Å². The Kier molecular flexibility index (Phi) is 4.29. The van der Waals surface area contributed by atoms with Crippen molar-refractivity contribution in [3.05, 3.63) is 75.9 Å². The van der Waals surface area contributed by atoms with E-state index in [4.69, 9.17) is 16.3 Å². The van der Waals surface area contributed by atoms with Crippen LogP contribution in [0.1, 0.15) is 37.5 Å². The Morgan fingerprint density at radius 1 is 1.00 bits per heavy atom. The summed E-state index contributed by atoms with van der Waals surface area (Å²) in [5.41, 5.74) is 3.26. The number of carbonyl (C=O) groups excluding carboxylic acids is 1. The third-order valence-electron chi connectivity index (χ3n) is 3.79. The van der Waals surface area contributed by atoms with Crippen LogP contribution in [-0.4, -0.2) is 11.9 Å². The molecule has 0 spiro atoms. The SMILES string of the molecule is CC(C)(C)c1ccc(C=C2N=C(c3ccc(Cl)cc3)OC2=O)cc1. The number of nitrogens with zero attached hydrogens (tertiary/aromatic N) is 1. The molecular weight excluding hydrogens is 322 g/mol. The van der Waals surface area contributed by atoms with Crippen LogP contribution in [0.4, 0.5) is 0 Å². The van der Waals surface area contributed by atoms with Gasteiger partial charge in [-0.15, -0.1) is 0 Å². The highest BCUT2D eigenvalue weighted by Gasteiger charge is 2.24. The minimum absolute atomic E-state index is 0.0951. The maximum atomic E-state index is 12.0. The van der Waals surface area contributed by atoms with Crippen LogP contribution in [0.3, 0.4) is 0 Å². The number of hydrogen-bond acceptors (Lipinski definition) is 3. The Balaban J connectivity index is 1.87. The normalized spacial score (nSPS) is 16.2. The Morgan fingerprint density at radius 2 is 1.62 bits per heavy atom. The van der Waals surface area contributed by atoms with E-state index in [1.807, 2.05) is 12.1 Å². The van der Waals surface area contributed by atoms with Crippen molar-refractivity contribution in [2.45, 2.75) is 26.2 Å². The van der Waals surface area contributed by atoms with Gasteiger partial charge in [-0.25, -0.2) is 9.79 Å². The van der Waals surface area contributed by atoms with Gasteiger partial charge in [0.25, 0.3) is 0 Å². The van der Waals surface area contributed by atoms with Crippen molar-refractivity contribution in [2.24, 2.45) is 4.99 Å². The number of aliphatic imine (C=N–C) groups is 1. The molecule has 1 heterocycles. The molecule has 2 aromatic rings. The van der Waals surface area contributed by atoms with E-state index >= 15 is 0 Å². The van der Waals surface area contributed by atoms with Gasteiger partial charge in [-0.1, -0.05) is 56.6 Å². The summed E-state index contributed by atoms with van der Waals surface area (Å²) in [6.45, 7) is 6.49. The molecule has 24 heavy (non-hydrogen) atoms. The van der Waals surface area contributed by atoms with E-state index < -0.39 is 5.97 Å². The molecule has 1 aliphatic rings. The number of carbonyl (C=O) groups is 1. The average molecular weight is 340 g/mol. The van der Waals surface area contributed by atoms with Gasteiger partial charge in [-0.3, -0.25) is 0 Å². The molecule has 3 rings (SSSR count). The van der Waals surface area contributed by atoms with Crippen LogP contribution in [0.2, 0.25) is 5.02 Å². The van der Waals surface area contributed by atoms with Crippen LogP contribution < -0.4 is 0 Å². The second-order valence-electron chi connectivity index (χ2n) is 6.71. The molecule has 0 unspecified atom stereocenters. The Morgan fingerprint density at radius 3 is 2.21 bits per heavy atom. The molecule has 0 aromatic heterocycles. The highest BCUT2D eigenvalue weighted by Crippen LogP contribution is 2.24. The lowest BCUT2D eigenvalue weighted by Crippen LogP contribution is -2.10. The number of halogens is 1. The topological polar surface area (TPSA) is 38.7 Å². The van der Waals surface area contributed by atoms with Gasteiger partial charge in [-0.05, 0) is 46.9 Å². The zero-order chi connectivity index (χ0) is 17.3. The van der Waals surface area contributed by atoms with Crippen molar-refractivity contribution in [1.82, 2.24) is 0 Å². The summed E-state index contributed by atoms with van der Waals surface area (Å²) in [6, 6.07) is 15.1. The molecule has 0 saturated heterocycles. The van der Waals surface area contributed by atoms with Crippen molar-refractivity contribution in [1.29, 1.82) is 0 Å². The van der Waals surface area contributed by atoms with Gasteiger partial charge in [0.1, 0.15) is 0 Å². The Bertz CT molecular complexity index is 825. The van der Waals surface area contributed by atoms with Gasteiger partial charge in [0, 0.05) is 10.6 Å². The van der Waals surface area contributed by atoms with Gasteiger partial charge in [0.2, 0.25) is 5.90 Å². The molecule has 0 N–H and O–H groups in total. The largest absolute Gasteiger partial charge is 0.402 e. The summed E-state index contributed by atoms with van der Waals surface area (Å²) >= 11 is 5.87. The molecule has 0 atom stereocenters. The van der Waals surface area contributed by atoms with E-state index in [1.54, 1.807) is 30.3 Å². The van der Waals surface area contributed by atoms with Crippen molar-refractivity contribution < 1.29 is 9.53 Å². The van der Waals surface area contributed by atoms with Crippen LogP contribution in [0.15, 0.2) is 59.2 Å². The second-order valence-corrected chi connectivity index (χ2v) is 7.15. The third-order valence-corrected chi connectivity index (χ3v) is 4.04. The summed E-state index contributed by atoms with van der Waals surface area (Å²) in [4.78, 5) is 16.3. The van der Waals surface area contributed by atoms with Crippen molar-refractivity contribution in [2.75, 3.05) is 0 Å². The molecule has 0 amide bonds. The maximum Gasteiger partial charge on any atom is 0.363 e. The molecule has 0 radical (unpaired) electrons. The Labute approximate surface area is 146 Å². The standard InChI is InChI=1S/C20H18ClNO2/c1-20(2,3)15-8-4-13(5-9-15)12-17-19(23)24-18(22-17)14-6-10-16(21)11-7-14/h4-12H,1-3H3. The van der Waals surface area contributed by atoms with Crippen molar-refractivity contribution >= 4 is 29.5 Å². The van der Waals surface area contributed by atoms with Crippen LogP contribution in [0, 0.1) is 0 Å². The number of esters is 1. The maximum absolute atomic E-state index is 12.0. The van der Waals surface area contributed by atoms with Gasteiger partial charge in [-0.2, -0.15) is 0 Å².